The summed E-state index contributed by atoms with van der Waals surface area (Å²) in [6.45, 7) is 2.72. The van der Waals surface area contributed by atoms with E-state index in [0.717, 1.165) is 24.9 Å². The number of carbonyl (C=O) groups is 2. The first kappa shape index (κ1) is 17.8. The van der Waals surface area contributed by atoms with Crippen LogP contribution < -0.4 is 16.0 Å². The molecule has 0 spiro atoms. The number of anilines is 1. The van der Waals surface area contributed by atoms with Gasteiger partial charge in [-0.2, -0.15) is 0 Å². The van der Waals surface area contributed by atoms with E-state index in [1.807, 2.05) is 13.0 Å². The van der Waals surface area contributed by atoms with Gasteiger partial charge in [-0.05, 0) is 44.0 Å². The molecule has 1 atom stereocenters. The molecule has 7 heteroatoms. The Balaban J connectivity index is 0.00000220. The van der Waals surface area contributed by atoms with E-state index in [1.54, 1.807) is 12.1 Å². The highest BCUT2D eigenvalue weighted by Gasteiger charge is 2.22. The highest BCUT2D eigenvalue weighted by atomic mass is 35.5. The lowest BCUT2D eigenvalue weighted by atomic mass is 10.2. The number of hydrogen-bond acceptors (Lipinski definition) is 3. The van der Waals surface area contributed by atoms with E-state index < -0.39 is 0 Å². The number of rotatable bonds is 4. The molecule has 1 aliphatic rings. The normalized spacial score (nSPS) is 17.0. The van der Waals surface area contributed by atoms with Crippen LogP contribution in [-0.2, 0) is 9.59 Å². The van der Waals surface area contributed by atoms with Gasteiger partial charge in [-0.1, -0.05) is 17.7 Å². The van der Waals surface area contributed by atoms with Crippen molar-refractivity contribution in [2.75, 3.05) is 18.4 Å². The number of amides is 2. The second-order valence-electron chi connectivity index (χ2n) is 4.90. The third-order valence-corrected chi connectivity index (χ3v) is 3.51. The van der Waals surface area contributed by atoms with E-state index in [0.29, 0.717) is 10.7 Å². The summed E-state index contributed by atoms with van der Waals surface area (Å²) in [7, 11) is 0. The first-order valence-electron chi connectivity index (χ1n) is 6.63. The molecule has 1 aromatic carbocycles. The van der Waals surface area contributed by atoms with Crippen LogP contribution in [0.25, 0.3) is 0 Å². The average Bonchev–Trinajstić information content (AvgIpc) is 2.93. The SMILES string of the molecule is Cc1ccc(NC(=O)CNC(=O)C2CCCN2)c(Cl)c1.Cl. The molecule has 0 bridgehead atoms. The van der Waals surface area contributed by atoms with Crippen molar-refractivity contribution in [2.45, 2.75) is 25.8 Å². The molecule has 0 saturated carbocycles. The summed E-state index contributed by atoms with van der Waals surface area (Å²) >= 11 is 6.03. The lowest BCUT2D eigenvalue weighted by Gasteiger charge is -2.12. The Morgan fingerprint density at radius 1 is 1.43 bits per heavy atom. The maximum Gasteiger partial charge on any atom is 0.243 e. The van der Waals surface area contributed by atoms with Crippen LogP contribution in [0, 0.1) is 6.92 Å². The second kappa shape index (κ2) is 8.22. The van der Waals surface area contributed by atoms with Gasteiger partial charge >= 0.3 is 0 Å². The predicted octanol–water partition coefficient (Wildman–Crippen LogP) is 1.88. The fraction of sp³-hybridized carbons (Fsp3) is 0.429. The highest BCUT2D eigenvalue weighted by Crippen LogP contribution is 2.22. The quantitative estimate of drug-likeness (QED) is 0.788. The van der Waals surface area contributed by atoms with Gasteiger partial charge < -0.3 is 16.0 Å². The van der Waals surface area contributed by atoms with Crippen LogP contribution in [0.5, 0.6) is 0 Å². The molecule has 1 heterocycles. The predicted molar refractivity (Wildman–Crippen MR) is 86.1 cm³/mol. The van der Waals surface area contributed by atoms with E-state index >= 15 is 0 Å². The number of benzene rings is 1. The minimum atomic E-state index is -0.290. The Hall–Kier alpha value is -1.30. The van der Waals surface area contributed by atoms with Gasteiger partial charge in [0, 0.05) is 0 Å². The lowest BCUT2D eigenvalue weighted by Crippen LogP contribution is -2.43. The number of hydrogen-bond donors (Lipinski definition) is 3. The van der Waals surface area contributed by atoms with Crippen LogP contribution in [0.1, 0.15) is 18.4 Å². The first-order valence-corrected chi connectivity index (χ1v) is 7.01. The summed E-state index contributed by atoms with van der Waals surface area (Å²) < 4.78 is 0. The molecule has 1 fully saturated rings. The lowest BCUT2D eigenvalue weighted by molar-refractivity contribution is -0.125. The number of nitrogens with one attached hydrogen (secondary N) is 3. The Kier molecular flexibility index (Phi) is 6.95. The smallest absolute Gasteiger partial charge is 0.243 e. The minimum absolute atomic E-state index is 0. The average molecular weight is 332 g/mol. The van der Waals surface area contributed by atoms with Gasteiger partial charge in [0.2, 0.25) is 11.8 Å². The first-order chi connectivity index (χ1) is 9.56. The zero-order valence-electron chi connectivity index (χ0n) is 11.7. The van der Waals surface area contributed by atoms with Crippen molar-refractivity contribution in [3.8, 4) is 0 Å². The Labute approximate surface area is 135 Å². The van der Waals surface area contributed by atoms with Crippen LogP contribution in [0.4, 0.5) is 5.69 Å². The maximum atomic E-state index is 11.8. The largest absolute Gasteiger partial charge is 0.346 e. The minimum Gasteiger partial charge on any atom is -0.346 e. The fourth-order valence-electron chi connectivity index (χ4n) is 2.11. The number of carbonyl (C=O) groups excluding carboxylic acids is 2. The van der Waals surface area contributed by atoms with Crippen molar-refractivity contribution in [1.29, 1.82) is 0 Å². The summed E-state index contributed by atoms with van der Waals surface area (Å²) in [6, 6.07) is 5.21. The molecule has 3 N–H and O–H groups in total. The van der Waals surface area contributed by atoms with E-state index in [1.165, 1.54) is 0 Å². The van der Waals surface area contributed by atoms with E-state index in [4.69, 9.17) is 11.6 Å². The summed E-state index contributed by atoms with van der Waals surface area (Å²) in [5, 5.41) is 8.86. The van der Waals surface area contributed by atoms with Crippen molar-refractivity contribution in [3.63, 3.8) is 0 Å². The van der Waals surface area contributed by atoms with Crippen LogP contribution >= 0.6 is 24.0 Å². The standard InChI is InChI=1S/C14H18ClN3O2.ClH/c1-9-4-5-11(10(15)7-9)18-13(19)8-17-14(20)12-3-2-6-16-12;/h4-5,7,12,16H,2-3,6,8H2,1H3,(H,17,20)(H,18,19);1H. The molecule has 0 radical (unpaired) electrons. The molecule has 1 unspecified atom stereocenters. The van der Waals surface area contributed by atoms with Crippen LogP contribution in [0.3, 0.4) is 0 Å². The van der Waals surface area contributed by atoms with Gasteiger partial charge in [0.05, 0.1) is 23.3 Å². The molecule has 2 amide bonds. The monoisotopic (exact) mass is 331 g/mol. The highest BCUT2D eigenvalue weighted by molar-refractivity contribution is 6.33. The van der Waals surface area contributed by atoms with Gasteiger partial charge in [-0.25, -0.2) is 0 Å². The Morgan fingerprint density at radius 3 is 2.81 bits per heavy atom. The molecule has 1 aromatic rings. The van der Waals surface area contributed by atoms with Crippen molar-refractivity contribution in [1.82, 2.24) is 10.6 Å². The molecule has 0 aliphatic carbocycles. The second-order valence-corrected chi connectivity index (χ2v) is 5.31. The molecular weight excluding hydrogens is 313 g/mol. The van der Waals surface area contributed by atoms with Crippen molar-refractivity contribution < 1.29 is 9.59 Å². The van der Waals surface area contributed by atoms with Gasteiger partial charge in [0.1, 0.15) is 0 Å². The summed E-state index contributed by atoms with van der Waals surface area (Å²) in [5.41, 5.74) is 1.57. The number of halogens is 2. The molecule has 116 valence electrons. The topological polar surface area (TPSA) is 70.2 Å². The Morgan fingerprint density at radius 2 is 2.19 bits per heavy atom. The molecular formula is C14H19Cl2N3O2. The number of aryl methyl sites for hydroxylation is 1. The van der Waals surface area contributed by atoms with Crippen LogP contribution in [0.15, 0.2) is 18.2 Å². The molecule has 1 saturated heterocycles. The van der Waals surface area contributed by atoms with Crippen LogP contribution in [-0.4, -0.2) is 30.9 Å². The third-order valence-electron chi connectivity index (χ3n) is 3.20. The van der Waals surface area contributed by atoms with Crippen molar-refractivity contribution in [3.05, 3.63) is 28.8 Å². The van der Waals surface area contributed by atoms with Crippen LogP contribution in [0.2, 0.25) is 5.02 Å². The van der Waals surface area contributed by atoms with Crippen molar-refractivity contribution in [2.24, 2.45) is 0 Å². The van der Waals surface area contributed by atoms with Gasteiger partial charge in [-0.15, -0.1) is 12.4 Å². The van der Waals surface area contributed by atoms with Gasteiger partial charge in [-0.3, -0.25) is 9.59 Å². The summed E-state index contributed by atoms with van der Waals surface area (Å²) in [4.78, 5) is 23.5. The fourth-order valence-corrected chi connectivity index (χ4v) is 2.40. The summed E-state index contributed by atoms with van der Waals surface area (Å²) in [5.74, 6) is -0.422. The van der Waals surface area contributed by atoms with E-state index in [-0.39, 0.29) is 36.8 Å². The molecule has 1 aliphatic heterocycles. The maximum absolute atomic E-state index is 11.8. The van der Waals surface area contributed by atoms with E-state index in [2.05, 4.69) is 16.0 Å². The Bertz CT molecular complexity index is 517. The van der Waals surface area contributed by atoms with Crippen molar-refractivity contribution >= 4 is 41.5 Å². The molecule has 2 rings (SSSR count). The zero-order chi connectivity index (χ0) is 14.5. The molecule has 21 heavy (non-hydrogen) atoms. The zero-order valence-corrected chi connectivity index (χ0v) is 13.3. The van der Waals surface area contributed by atoms with Gasteiger partial charge in [0.15, 0.2) is 0 Å². The summed E-state index contributed by atoms with van der Waals surface area (Å²) in [6.07, 6.45) is 1.81. The van der Waals surface area contributed by atoms with Gasteiger partial charge in [0.25, 0.3) is 0 Å². The molecule has 0 aromatic heterocycles. The van der Waals surface area contributed by atoms with E-state index in [9.17, 15) is 9.59 Å². The molecule has 5 nitrogen and oxygen atoms in total. The third kappa shape index (κ3) is 5.19.